The summed E-state index contributed by atoms with van der Waals surface area (Å²) in [5.41, 5.74) is 7.66. The number of hydrogen-bond acceptors (Lipinski definition) is 4. The summed E-state index contributed by atoms with van der Waals surface area (Å²) in [7, 11) is 1.70. The standard InChI is InChI=1S/C23H29N3O2/c1-6-16(7-2)28-23-19-9-8-10-20(19)24-22-21(15(4)25-26(22)23)18-12-11-17(27-5)13-14(18)3/h11-13,16H,6-10H2,1-5H3. The molecule has 0 bridgehead atoms. The molecule has 28 heavy (non-hydrogen) atoms. The zero-order chi connectivity index (χ0) is 19.8. The van der Waals surface area contributed by atoms with E-state index in [0.29, 0.717) is 0 Å². The molecule has 4 rings (SSSR count). The minimum absolute atomic E-state index is 0.200. The first-order chi connectivity index (χ1) is 13.6. The number of fused-ring (bicyclic) bond motifs is 2. The van der Waals surface area contributed by atoms with Crippen LogP contribution in [0.4, 0.5) is 0 Å². The van der Waals surface area contributed by atoms with Crippen molar-refractivity contribution in [1.82, 2.24) is 14.6 Å². The molecule has 1 aromatic carbocycles. The predicted octanol–water partition coefficient (Wildman–Crippen LogP) is 5.08. The summed E-state index contributed by atoms with van der Waals surface area (Å²) in [6.45, 7) is 8.51. The Kier molecular flexibility index (Phi) is 5.00. The van der Waals surface area contributed by atoms with Crippen LogP contribution < -0.4 is 9.47 Å². The van der Waals surface area contributed by atoms with Crippen molar-refractivity contribution in [3.05, 3.63) is 40.7 Å². The number of benzene rings is 1. The highest BCUT2D eigenvalue weighted by atomic mass is 16.5. The SMILES string of the molecule is CCC(CC)Oc1c2c(nc3c(-c4ccc(OC)cc4C)c(C)nn13)CCC2. The van der Waals surface area contributed by atoms with Crippen LogP contribution in [0.5, 0.6) is 11.6 Å². The van der Waals surface area contributed by atoms with Gasteiger partial charge < -0.3 is 9.47 Å². The highest BCUT2D eigenvalue weighted by molar-refractivity contribution is 5.82. The quantitative estimate of drug-likeness (QED) is 0.599. The van der Waals surface area contributed by atoms with Gasteiger partial charge >= 0.3 is 0 Å². The van der Waals surface area contributed by atoms with Crippen LogP contribution in [-0.4, -0.2) is 27.8 Å². The molecule has 1 aliphatic rings. The van der Waals surface area contributed by atoms with Gasteiger partial charge in [0.05, 0.1) is 24.6 Å². The van der Waals surface area contributed by atoms with E-state index in [1.807, 2.05) is 10.6 Å². The molecular weight excluding hydrogens is 350 g/mol. The molecule has 0 saturated heterocycles. The van der Waals surface area contributed by atoms with Crippen molar-refractivity contribution in [3.63, 3.8) is 0 Å². The minimum atomic E-state index is 0.200. The maximum Gasteiger partial charge on any atom is 0.221 e. The predicted molar refractivity (Wildman–Crippen MR) is 111 cm³/mol. The van der Waals surface area contributed by atoms with Crippen molar-refractivity contribution in [2.45, 2.75) is 65.9 Å². The highest BCUT2D eigenvalue weighted by Crippen LogP contribution is 2.37. The molecule has 0 aliphatic heterocycles. The van der Waals surface area contributed by atoms with Crippen LogP contribution in [0.2, 0.25) is 0 Å². The van der Waals surface area contributed by atoms with E-state index < -0.39 is 0 Å². The molecule has 2 aromatic heterocycles. The summed E-state index contributed by atoms with van der Waals surface area (Å²) >= 11 is 0. The third-order valence-electron chi connectivity index (χ3n) is 5.81. The number of rotatable bonds is 6. The zero-order valence-corrected chi connectivity index (χ0v) is 17.5. The average molecular weight is 380 g/mol. The monoisotopic (exact) mass is 379 g/mol. The Hall–Kier alpha value is -2.56. The zero-order valence-electron chi connectivity index (χ0n) is 17.5. The number of hydrogen-bond donors (Lipinski definition) is 0. The lowest BCUT2D eigenvalue weighted by Crippen LogP contribution is -2.18. The van der Waals surface area contributed by atoms with Crippen molar-refractivity contribution in [2.75, 3.05) is 7.11 Å². The molecule has 0 N–H and O–H groups in total. The van der Waals surface area contributed by atoms with Gasteiger partial charge in [0.25, 0.3) is 0 Å². The lowest BCUT2D eigenvalue weighted by Gasteiger charge is -2.19. The van der Waals surface area contributed by atoms with Crippen molar-refractivity contribution >= 4 is 5.65 Å². The smallest absolute Gasteiger partial charge is 0.221 e. The van der Waals surface area contributed by atoms with Crippen LogP contribution in [-0.2, 0) is 12.8 Å². The van der Waals surface area contributed by atoms with Gasteiger partial charge in [-0.15, -0.1) is 0 Å². The van der Waals surface area contributed by atoms with Gasteiger partial charge in [-0.05, 0) is 69.2 Å². The molecule has 5 nitrogen and oxygen atoms in total. The lowest BCUT2D eigenvalue weighted by molar-refractivity contribution is 0.178. The second-order valence-corrected chi connectivity index (χ2v) is 7.63. The Morgan fingerprint density at radius 3 is 2.61 bits per heavy atom. The summed E-state index contributed by atoms with van der Waals surface area (Å²) in [6, 6.07) is 6.17. The van der Waals surface area contributed by atoms with Gasteiger partial charge in [-0.25, -0.2) is 4.98 Å². The maximum absolute atomic E-state index is 6.48. The number of nitrogens with zero attached hydrogens (tertiary/aromatic N) is 3. The Balaban J connectivity index is 1.94. The van der Waals surface area contributed by atoms with Crippen LogP contribution in [0, 0.1) is 13.8 Å². The summed E-state index contributed by atoms with van der Waals surface area (Å²) in [6.07, 6.45) is 5.33. The van der Waals surface area contributed by atoms with Gasteiger partial charge in [0, 0.05) is 11.1 Å². The number of aromatic nitrogens is 3. The summed E-state index contributed by atoms with van der Waals surface area (Å²) < 4.78 is 13.8. The van der Waals surface area contributed by atoms with Gasteiger partial charge in [0.2, 0.25) is 5.88 Å². The first kappa shape index (κ1) is 18.8. The Morgan fingerprint density at radius 1 is 1.14 bits per heavy atom. The van der Waals surface area contributed by atoms with Gasteiger partial charge in [-0.3, -0.25) is 0 Å². The minimum Gasteiger partial charge on any atom is -0.497 e. The Labute approximate surface area is 166 Å². The van der Waals surface area contributed by atoms with E-state index in [4.69, 9.17) is 19.6 Å². The molecule has 3 aromatic rings. The lowest BCUT2D eigenvalue weighted by atomic mass is 10.0. The van der Waals surface area contributed by atoms with Crippen molar-refractivity contribution in [2.24, 2.45) is 0 Å². The molecular formula is C23H29N3O2. The second kappa shape index (κ2) is 7.46. The number of ether oxygens (including phenoxy) is 2. The topological polar surface area (TPSA) is 48.7 Å². The van der Waals surface area contributed by atoms with E-state index in [1.165, 1.54) is 11.3 Å². The van der Waals surface area contributed by atoms with Gasteiger partial charge in [-0.1, -0.05) is 19.9 Å². The summed E-state index contributed by atoms with van der Waals surface area (Å²) in [5.74, 6) is 1.76. The van der Waals surface area contributed by atoms with Crippen molar-refractivity contribution in [1.29, 1.82) is 0 Å². The molecule has 1 aliphatic carbocycles. The maximum atomic E-state index is 6.48. The van der Waals surface area contributed by atoms with Crippen LogP contribution in [0.1, 0.15) is 55.6 Å². The van der Waals surface area contributed by atoms with Crippen LogP contribution in [0.3, 0.4) is 0 Å². The molecule has 0 spiro atoms. The third-order valence-corrected chi connectivity index (χ3v) is 5.81. The van der Waals surface area contributed by atoms with E-state index >= 15 is 0 Å². The van der Waals surface area contributed by atoms with E-state index in [0.717, 1.165) is 71.8 Å². The molecule has 0 radical (unpaired) electrons. The van der Waals surface area contributed by atoms with Gasteiger partial charge in [0.1, 0.15) is 5.75 Å². The number of aryl methyl sites for hydroxylation is 3. The summed E-state index contributed by atoms with van der Waals surface area (Å²) in [4.78, 5) is 5.05. The fourth-order valence-corrected chi connectivity index (χ4v) is 4.19. The Morgan fingerprint density at radius 2 is 1.93 bits per heavy atom. The largest absolute Gasteiger partial charge is 0.497 e. The molecule has 0 saturated carbocycles. The molecule has 2 heterocycles. The molecule has 148 valence electrons. The van der Waals surface area contributed by atoms with Crippen LogP contribution in [0.15, 0.2) is 18.2 Å². The molecule has 0 unspecified atom stereocenters. The highest BCUT2D eigenvalue weighted by Gasteiger charge is 2.26. The first-order valence-corrected chi connectivity index (χ1v) is 10.3. The van der Waals surface area contributed by atoms with E-state index in [-0.39, 0.29) is 6.10 Å². The fourth-order valence-electron chi connectivity index (χ4n) is 4.19. The van der Waals surface area contributed by atoms with Gasteiger partial charge in [0.15, 0.2) is 5.65 Å². The summed E-state index contributed by atoms with van der Waals surface area (Å²) in [5, 5.41) is 4.87. The van der Waals surface area contributed by atoms with E-state index in [1.54, 1.807) is 7.11 Å². The first-order valence-electron chi connectivity index (χ1n) is 10.3. The number of methoxy groups -OCH3 is 1. The van der Waals surface area contributed by atoms with Gasteiger partial charge in [-0.2, -0.15) is 9.61 Å². The van der Waals surface area contributed by atoms with Crippen LogP contribution in [0.25, 0.3) is 16.8 Å². The average Bonchev–Trinajstić information content (AvgIpc) is 3.29. The third kappa shape index (κ3) is 3.03. The molecule has 0 amide bonds. The van der Waals surface area contributed by atoms with Crippen molar-refractivity contribution in [3.8, 4) is 22.8 Å². The normalized spacial score (nSPS) is 13.4. The van der Waals surface area contributed by atoms with Crippen LogP contribution >= 0.6 is 0 Å². The second-order valence-electron chi connectivity index (χ2n) is 7.63. The van der Waals surface area contributed by atoms with Crippen molar-refractivity contribution < 1.29 is 9.47 Å². The van der Waals surface area contributed by atoms with E-state index in [2.05, 4.69) is 39.8 Å². The Bertz CT molecular complexity index is 1020. The molecule has 5 heteroatoms. The molecule has 0 fully saturated rings. The van der Waals surface area contributed by atoms with E-state index in [9.17, 15) is 0 Å². The fraction of sp³-hybridized carbons (Fsp3) is 0.478. The molecule has 0 atom stereocenters.